The van der Waals surface area contributed by atoms with E-state index < -0.39 is 5.97 Å². The number of H-pyrrole nitrogens is 1. The fraction of sp³-hybridized carbons (Fsp3) is 0.176. The van der Waals surface area contributed by atoms with E-state index in [1.807, 2.05) is 0 Å². The molecule has 23 heavy (non-hydrogen) atoms. The van der Waals surface area contributed by atoms with Crippen LogP contribution in [0.1, 0.15) is 16.1 Å². The molecular formula is C17H15FN2O3. The number of carbonyl (C=O) groups is 1. The molecule has 0 saturated heterocycles. The molecule has 5 nitrogen and oxygen atoms in total. The van der Waals surface area contributed by atoms with Crippen molar-refractivity contribution in [2.45, 2.75) is 6.92 Å². The topological polar surface area (TPSA) is 64.2 Å². The van der Waals surface area contributed by atoms with Crippen molar-refractivity contribution in [2.24, 2.45) is 0 Å². The lowest BCUT2D eigenvalue weighted by molar-refractivity contribution is 0.0596. The number of ether oxygens (including phenoxy) is 2. The number of benzene rings is 1. The number of carbonyl (C=O) groups excluding carboxylic acids is 1. The fourth-order valence-electron chi connectivity index (χ4n) is 2.60. The second kappa shape index (κ2) is 5.72. The molecule has 0 aliphatic carbocycles. The third kappa shape index (κ3) is 2.42. The van der Waals surface area contributed by atoms with Gasteiger partial charge in [-0.15, -0.1) is 0 Å². The van der Waals surface area contributed by atoms with Gasteiger partial charge in [0.15, 0.2) is 0 Å². The van der Waals surface area contributed by atoms with E-state index in [4.69, 9.17) is 9.47 Å². The zero-order valence-electron chi connectivity index (χ0n) is 12.9. The highest BCUT2D eigenvalue weighted by atomic mass is 19.1. The van der Waals surface area contributed by atoms with Crippen LogP contribution in [0.25, 0.3) is 22.0 Å². The predicted octanol–water partition coefficient (Wildman–Crippen LogP) is 3.47. The molecule has 3 rings (SSSR count). The smallest absolute Gasteiger partial charge is 0.355 e. The molecule has 2 heterocycles. The Hall–Kier alpha value is -2.89. The van der Waals surface area contributed by atoms with Gasteiger partial charge in [-0.25, -0.2) is 14.2 Å². The molecular weight excluding hydrogens is 299 g/mol. The summed E-state index contributed by atoms with van der Waals surface area (Å²) in [5.74, 6) is -0.513. The summed E-state index contributed by atoms with van der Waals surface area (Å²) in [6, 6.07) is 6.59. The maximum absolute atomic E-state index is 13.8. The zero-order chi connectivity index (χ0) is 16.6. The van der Waals surface area contributed by atoms with Crippen molar-refractivity contribution in [3.05, 3.63) is 47.5 Å². The van der Waals surface area contributed by atoms with Gasteiger partial charge in [-0.3, -0.25) is 0 Å². The minimum Gasteiger partial charge on any atom is -0.481 e. The molecule has 1 N–H and O–H groups in total. The molecule has 0 spiro atoms. The van der Waals surface area contributed by atoms with Crippen LogP contribution in [-0.4, -0.2) is 30.2 Å². The Labute approximate surface area is 132 Å². The van der Waals surface area contributed by atoms with E-state index in [9.17, 15) is 9.18 Å². The molecule has 1 aromatic carbocycles. The highest BCUT2D eigenvalue weighted by Gasteiger charge is 2.23. The summed E-state index contributed by atoms with van der Waals surface area (Å²) < 4.78 is 24.0. The highest BCUT2D eigenvalue weighted by molar-refractivity contribution is 6.08. The number of esters is 1. The van der Waals surface area contributed by atoms with Gasteiger partial charge in [0, 0.05) is 28.2 Å². The second-order valence-corrected chi connectivity index (χ2v) is 5.07. The molecule has 0 fully saturated rings. The summed E-state index contributed by atoms with van der Waals surface area (Å²) in [6.45, 7) is 1.67. The van der Waals surface area contributed by atoms with E-state index in [2.05, 4.69) is 9.97 Å². The molecule has 0 bridgehead atoms. The zero-order valence-corrected chi connectivity index (χ0v) is 12.9. The van der Waals surface area contributed by atoms with Gasteiger partial charge >= 0.3 is 5.97 Å². The van der Waals surface area contributed by atoms with Crippen LogP contribution in [0.2, 0.25) is 0 Å². The predicted molar refractivity (Wildman–Crippen MR) is 84.1 cm³/mol. The average molecular weight is 314 g/mol. The number of aromatic nitrogens is 2. The summed E-state index contributed by atoms with van der Waals surface area (Å²) in [4.78, 5) is 19.2. The number of nitrogens with one attached hydrogen (secondary N) is 1. The third-order valence-electron chi connectivity index (χ3n) is 3.70. The van der Waals surface area contributed by atoms with Gasteiger partial charge in [-0.1, -0.05) is 0 Å². The Morgan fingerprint density at radius 2 is 2.09 bits per heavy atom. The normalized spacial score (nSPS) is 10.8. The van der Waals surface area contributed by atoms with Crippen LogP contribution in [0.4, 0.5) is 4.39 Å². The van der Waals surface area contributed by atoms with Crippen molar-refractivity contribution in [2.75, 3.05) is 14.2 Å². The van der Waals surface area contributed by atoms with Gasteiger partial charge in [0.2, 0.25) is 5.88 Å². The number of hydrogen-bond donors (Lipinski definition) is 1. The summed E-state index contributed by atoms with van der Waals surface area (Å²) in [5.41, 5.74) is 2.44. The highest BCUT2D eigenvalue weighted by Crippen LogP contribution is 2.37. The third-order valence-corrected chi connectivity index (χ3v) is 3.70. The van der Waals surface area contributed by atoms with Crippen LogP contribution >= 0.6 is 0 Å². The van der Waals surface area contributed by atoms with Crippen molar-refractivity contribution >= 4 is 16.9 Å². The SMILES string of the molecule is COC(=O)c1[nH]c2cc(F)c(C)cc2c1-c1cccnc1OC. The first-order valence-corrected chi connectivity index (χ1v) is 6.96. The number of aryl methyl sites for hydroxylation is 1. The molecule has 6 heteroatoms. The van der Waals surface area contributed by atoms with Gasteiger partial charge in [-0.2, -0.15) is 0 Å². The number of pyridine rings is 1. The van der Waals surface area contributed by atoms with Crippen LogP contribution in [0.15, 0.2) is 30.5 Å². The summed E-state index contributed by atoms with van der Waals surface area (Å²) >= 11 is 0. The lowest BCUT2D eigenvalue weighted by atomic mass is 10.0. The van der Waals surface area contributed by atoms with E-state index in [1.165, 1.54) is 20.3 Å². The van der Waals surface area contributed by atoms with Crippen LogP contribution in [0.3, 0.4) is 0 Å². The fourth-order valence-corrected chi connectivity index (χ4v) is 2.60. The molecule has 0 atom stereocenters. The first-order valence-electron chi connectivity index (χ1n) is 6.96. The molecule has 0 radical (unpaired) electrons. The van der Waals surface area contributed by atoms with Crippen LogP contribution in [-0.2, 0) is 4.74 Å². The maximum Gasteiger partial charge on any atom is 0.355 e. The number of rotatable bonds is 3. The Balaban J connectivity index is 2.41. The van der Waals surface area contributed by atoms with E-state index in [0.29, 0.717) is 33.5 Å². The largest absolute Gasteiger partial charge is 0.481 e. The molecule has 0 unspecified atom stereocenters. The minimum absolute atomic E-state index is 0.235. The number of halogens is 1. The lowest BCUT2D eigenvalue weighted by Crippen LogP contribution is -2.04. The van der Waals surface area contributed by atoms with Crippen molar-refractivity contribution in [1.29, 1.82) is 0 Å². The Morgan fingerprint density at radius 3 is 2.78 bits per heavy atom. The molecule has 2 aromatic heterocycles. The van der Waals surface area contributed by atoms with Gasteiger partial charge < -0.3 is 14.5 Å². The van der Waals surface area contributed by atoms with E-state index in [-0.39, 0.29) is 11.5 Å². The number of methoxy groups -OCH3 is 2. The molecule has 0 amide bonds. The maximum atomic E-state index is 13.8. The van der Waals surface area contributed by atoms with Crippen molar-refractivity contribution in [3.8, 4) is 17.0 Å². The van der Waals surface area contributed by atoms with Crippen molar-refractivity contribution in [1.82, 2.24) is 9.97 Å². The van der Waals surface area contributed by atoms with Crippen LogP contribution in [0, 0.1) is 12.7 Å². The second-order valence-electron chi connectivity index (χ2n) is 5.07. The number of fused-ring (bicyclic) bond motifs is 1. The first kappa shape index (κ1) is 15.0. The Morgan fingerprint density at radius 1 is 1.30 bits per heavy atom. The summed E-state index contributed by atoms with van der Waals surface area (Å²) in [6.07, 6.45) is 1.60. The summed E-state index contributed by atoms with van der Waals surface area (Å²) in [7, 11) is 2.80. The van der Waals surface area contributed by atoms with Crippen LogP contribution in [0.5, 0.6) is 5.88 Å². The lowest BCUT2D eigenvalue weighted by Gasteiger charge is -2.08. The van der Waals surface area contributed by atoms with E-state index >= 15 is 0 Å². The van der Waals surface area contributed by atoms with E-state index in [1.54, 1.807) is 31.3 Å². The van der Waals surface area contributed by atoms with Gasteiger partial charge in [0.05, 0.1) is 14.2 Å². The average Bonchev–Trinajstić information content (AvgIpc) is 2.92. The number of hydrogen-bond acceptors (Lipinski definition) is 4. The van der Waals surface area contributed by atoms with Gasteiger partial charge in [0.25, 0.3) is 0 Å². The van der Waals surface area contributed by atoms with Gasteiger partial charge in [-0.05, 0) is 36.8 Å². The number of nitrogens with zero attached hydrogens (tertiary/aromatic N) is 1. The van der Waals surface area contributed by atoms with E-state index in [0.717, 1.165) is 0 Å². The minimum atomic E-state index is -0.542. The summed E-state index contributed by atoms with van der Waals surface area (Å²) in [5, 5.41) is 0.704. The van der Waals surface area contributed by atoms with Crippen molar-refractivity contribution < 1.29 is 18.7 Å². The van der Waals surface area contributed by atoms with Gasteiger partial charge in [0.1, 0.15) is 11.5 Å². The standard InChI is InChI=1S/C17H15FN2O3/c1-9-7-11-13(8-12(9)18)20-15(17(21)23-3)14(11)10-5-4-6-19-16(10)22-2/h4-8,20H,1-3H3. The Kier molecular flexibility index (Phi) is 3.73. The van der Waals surface area contributed by atoms with Crippen molar-refractivity contribution in [3.63, 3.8) is 0 Å². The molecule has 0 aliphatic heterocycles. The molecule has 118 valence electrons. The molecule has 0 saturated carbocycles. The molecule has 0 aliphatic rings. The van der Waals surface area contributed by atoms with Crippen LogP contribution < -0.4 is 4.74 Å². The first-order chi connectivity index (χ1) is 11.1. The quantitative estimate of drug-likeness (QED) is 0.752. The molecule has 3 aromatic rings. The monoisotopic (exact) mass is 314 g/mol. The Bertz CT molecular complexity index is 902. The number of aromatic amines is 1.